The van der Waals surface area contributed by atoms with Crippen LogP contribution in [0.15, 0.2) is 75.8 Å². The van der Waals surface area contributed by atoms with Crippen molar-refractivity contribution >= 4 is 16.6 Å². The fourth-order valence-corrected chi connectivity index (χ4v) is 4.38. The molecule has 1 saturated heterocycles. The Morgan fingerprint density at radius 1 is 0.909 bits per heavy atom. The van der Waals surface area contributed by atoms with Crippen LogP contribution < -0.4 is 4.90 Å². The topological polar surface area (TPSA) is 74.3 Å². The number of furan rings is 1. The number of para-hydroxylation sites is 1. The largest absolute Gasteiger partial charge is 0.453 e. The van der Waals surface area contributed by atoms with E-state index in [9.17, 15) is 0 Å². The van der Waals surface area contributed by atoms with Crippen molar-refractivity contribution < 1.29 is 8.94 Å². The number of nitrogens with one attached hydrogen (secondary N) is 1. The molecule has 0 atom stereocenters. The van der Waals surface area contributed by atoms with Gasteiger partial charge < -0.3 is 23.7 Å². The second-order valence-electron chi connectivity index (χ2n) is 8.55. The van der Waals surface area contributed by atoms with Crippen molar-refractivity contribution in [3.8, 4) is 22.9 Å². The molecule has 1 N–H and O–H groups in total. The zero-order chi connectivity index (χ0) is 22.2. The first kappa shape index (κ1) is 19.8. The summed E-state index contributed by atoms with van der Waals surface area (Å²) in [6, 6.07) is 20.6. The monoisotopic (exact) mass is 439 g/mol. The van der Waals surface area contributed by atoms with Crippen LogP contribution in [0.1, 0.15) is 11.5 Å². The predicted octanol–water partition coefficient (Wildman–Crippen LogP) is 4.82. The van der Waals surface area contributed by atoms with E-state index in [0.717, 1.165) is 54.0 Å². The van der Waals surface area contributed by atoms with E-state index in [4.69, 9.17) is 8.94 Å². The number of benzene rings is 2. The van der Waals surface area contributed by atoms with Crippen molar-refractivity contribution in [2.24, 2.45) is 0 Å². The molecular weight excluding hydrogens is 414 g/mol. The molecule has 7 heteroatoms. The van der Waals surface area contributed by atoms with E-state index in [2.05, 4.69) is 68.4 Å². The van der Waals surface area contributed by atoms with Gasteiger partial charge >= 0.3 is 0 Å². The lowest BCUT2D eigenvalue weighted by Gasteiger charge is -2.34. The minimum Gasteiger partial charge on any atom is -0.453 e. The maximum absolute atomic E-state index is 6.06. The Kier molecular flexibility index (Phi) is 4.96. The molecule has 1 aliphatic heterocycles. The fourth-order valence-electron chi connectivity index (χ4n) is 4.38. The standard InChI is InChI=1S/C26H25N5O2/c1-30-12-14-31(15-13-30)20-8-6-18(7-9-20)23-10-11-24(32-23)26-28-25(33-29-26)16-19-17-27-22-5-3-2-4-21(19)22/h2-11,17,27H,12-16H2,1H3. The number of hydrogen-bond donors (Lipinski definition) is 1. The van der Waals surface area contributed by atoms with Gasteiger partial charge in [-0.1, -0.05) is 23.4 Å². The first-order valence-corrected chi connectivity index (χ1v) is 11.2. The molecule has 3 aromatic heterocycles. The lowest BCUT2D eigenvalue weighted by Crippen LogP contribution is -2.44. The summed E-state index contributed by atoms with van der Waals surface area (Å²) in [4.78, 5) is 12.6. The minimum atomic E-state index is 0.463. The number of H-pyrrole nitrogens is 1. The fraction of sp³-hybridized carbons (Fsp3) is 0.231. The Balaban J connectivity index is 1.17. The van der Waals surface area contributed by atoms with Crippen LogP contribution in [0, 0.1) is 0 Å². The molecule has 0 radical (unpaired) electrons. The molecule has 1 aliphatic rings. The van der Waals surface area contributed by atoms with Gasteiger partial charge in [0.2, 0.25) is 11.7 Å². The number of fused-ring (bicyclic) bond motifs is 1. The van der Waals surface area contributed by atoms with Crippen LogP contribution >= 0.6 is 0 Å². The summed E-state index contributed by atoms with van der Waals surface area (Å²) in [7, 11) is 2.17. The van der Waals surface area contributed by atoms with E-state index in [0.29, 0.717) is 23.9 Å². The van der Waals surface area contributed by atoms with E-state index in [1.165, 1.54) is 5.69 Å². The molecule has 0 aliphatic carbocycles. The third kappa shape index (κ3) is 3.91. The maximum Gasteiger partial charge on any atom is 0.238 e. The lowest BCUT2D eigenvalue weighted by molar-refractivity contribution is 0.313. The summed E-state index contributed by atoms with van der Waals surface area (Å²) in [5.74, 6) is 2.41. The van der Waals surface area contributed by atoms with Gasteiger partial charge in [-0.15, -0.1) is 0 Å². The predicted molar refractivity (Wildman–Crippen MR) is 128 cm³/mol. The van der Waals surface area contributed by atoms with E-state index >= 15 is 0 Å². The number of nitrogens with zero attached hydrogens (tertiary/aromatic N) is 4. The number of likely N-dealkylation sites (N-methyl/N-ethyl adjacent to an activating group) is 1. The second kappa shape index (κ2) is 8.26. The molecule has 1 fully saturated rings. The van der Waals surface area contributed by atoms with Crippen LogP contribution in [-0.2, 0) is 6.42 Å². The highest BCUT2D eigenvalue weighted by molar-refractivity contribution is 5.83. The zero-order valence-corrected chi connectivity index (χ0v) is 18.5. The van der Waals surface area contributed by atoms with Crippen molar-refractivity contribution in [3.63, 3.8) is 0 Å². The molecule has 0 saturated carbocycles. The lowest BCUT2D eigenvalue weighted by atomic mass is 10.1. The molecule has 0 unspecified atom stereocenters. The van der Waals surface area contributed by atoms with Crippen molar-refractivity contribution in [2.75, 3.05) is 38.1 Å². The summed E-state index contributed by atoms with van der Waals surface area (Å²) in [6.07, 6.45) is 2.56. The molecule has 33 heavy (non-hydrogen) atoms. The highest BCUT2D eigenvalue weighted by atomic mass is 16.5. The Bertz CT molecular complexity index is 1370. The van der Waals surface area contributed by atoms with Crippen LogP contribution in [0.4, 0.5) is 5.69 Å². The first-order valence-electron chi connectivity index (χ1n) is 11.2. The molecule has 0 spiro atoms. The van der Waals surface area contributed by atoms with Crippen molar-refractivity contribution in [1.29, 1.82) is 0 Å². The number of hydrogen-bond acceptors (Lipinski definition) is 6. The maximum atomic E-state index is 6.06. The normalized spacial score (nSPS) is 14.9. The molecule has 6 rings (SSSR count). The van der Waals surface area contributed by atoms with E-state index in [1.54, 1.807) is 0 Å². The van der Waals surface area contributed by atoms with Crippen LogP contribution in [0.5, 0.6) is 0 Å². The zero-order valence-electron chi connectivity index (χ0n) is 18.5. The van der Waals surface area contributed by atoms with E-state index < -0.39 is 0 Å². The molecule has 4 heterocycles. The highest BCUT2D eigenvalue weighted by Crippen LogP contribution is 2.29. The van der Waals surface area contributed by atoms with Gasteiger partial charge in [0.15, 0.2) is 5.76 Å². The molecule has 0 amide bonds. The molecule has 166 valence electrons. The Morgan fingerprint density at radius 3 is 2.55 bits per heavy atom. The second-order valence-corrected chi connectivity index (χ2v) is 8.55. The van der Waals surface area contributed by atoms with Gasteiger partial charge in [-0.2, -0.15) is 4.98 Å². The minimum absolute atomic E-state index is 0.463. The number of anilines is 1. The van der Waals surface area contributed by atoms with E-state index in [1.807, 2.05) is 30.5 Å². The summed E-state index contributed by atoms with van der Waals surface area (Å²) >= 11 is 0. The quantitative estimate of drug-likeness (QED) is 0.423. The average molecular weight is 440 g/mol. The Labute approximate surface area is 191 Å². The third-order valence-corrected chi connectivity index (χ3v) is 6.33. The summed E-state index contributed by atoms with van der Waals surface area (Å²) < 4.78 is 11.6. The van der Waals surface area contributed by atoms with Crippen molar-refractivity contribution in [2.45, 2.75) is 6.42 Å². The Morgan fingerprint density at radius 2 is 1.70 bits per heavy atom. The van der Waals surface area contributed by atoms with Gasteiger partial charge in [-0.3, -0.25) is 0 Å². The van der Waals surface area contributed by atoms with Crippen LogP contribution in [0.2, 0.25) is 0 Å². The van der Waals surface area contributed by atoms with Gasteiger partial charge in [0.25, 0.3) is 0 Å². The number of aromatic nitrogens is 3. The highest BCUT2D eigenvalue weighted by Gasteiger charge is 2.17. The molecule has 7 nitrogen and oxygen atoms in total. The summed E-state index contributed by atoms with van der Waals surface area (Å²) in [5.41, 5.74) is 4.50. The summed E-state index contributed by atoms with van der Waals surface area (Å²) in [5, 5.41) is 5.30. The van der Waals surface area contributed by atoms with Gasteiger partial charge in [-0.25, -0.2) is 0 Å². The SMILES string of the molecule is CN1CCN(c2ccc(-c3ccc(-c4noc(Cc5c[nH]c6ccccc56)n4)o3)cc2)CC1. The molecule has 0 bridgehead atoms. The molecule has 5 aromatic rings. The number of rotatable bonds is 5. The van der Waals surface area contributed by atoms with Gasteiger partial charge in [0.05, 0.1) is 6.42 Å². The van der Waals surface area contributed by atoms with Crippen LogP contribution in [0.3, 0.4) is 0 Å². The smallest absolute Gasteiger partial charge is 0.238 e. The molecule has 2 aromatic carbocycles. The third-order valence-electron chi connectivity index (χ3n) is 6.33. The molecular formula is C26H25N5O2. The van der Waals surface area contributed by atoms with Crippen molar-refractivity contribution in [1.82, 2.24) is 20.0 Å². The van der Waals surface area contributed by atoms with Crippen LogP contribution in [-0.4, -0.2) is 53.3 Å². The number of piperazine rings is 1. The van der Waals surface area contributed by atoms with Crippen molar-refractivity contribution in [3.05, 3.63) is 78.3 Å². The number of aromatic amines is 1. The van der Waals surface area contributed by atoms with Gasteiger partial charge in [0, 0.05) is 54.5 Å². The van der Waals surface area contributed by atoms with Gasteiger partial charge in [-0.05, 0) is 55.1 Å². The van der Waals surface area contributed by atoms with E-state index in [-0.39, 0.29) is 0 Å². The van der Waals surface area contributed by atoms with Crippen LogP contribution in [0.25, 0.3) is 33.8 Å². The Hall–Kier alpha value is -3.84. The summed E-state index contributed by atoms with van der Waals surface area (Å²) in [6.45, 7) is 4.30. The first-order chi connectivity index (χ1) is 16.2. The average Bonchev–Trinajstić information content (AvgIpc) is 3.60. The van der Waals surface area contributed by atoms with Gasteiger partial charge in [0.1, 0.15) is 5.76 Å².